The number of aromatic nitrogens is 4. The molecule has 0 saturated heterocycles. The summed E-state index contributed by atoms with van der Waals surface area (Å²) < 4.78 is 1.46. The van der Waals surface area contributed by atoms with Crippen molar-refractivity contribution in [2.75, 3.05) is 0 Å². The molecule has 0 aliphatic heterocycles. The lowest BCUT2D eigenvalue weighted by molar-refractivity contribution is -0.385. The number of nitrogens with zero attached hydrogens (tertiary/aromatic N) is 5. The van der Waals surface area contributed by atoms with Crippen LogP contribution in [0.3, 0.4) is 0 Å². The van der Waals surface area contributed by atoms with Crippen molar-refractivity contribution in [2.45, 2.75) is 6.92 Å². The predicted molar refractivity (Wildman–Crippen MR) is 50.5 cm³/mol. The minimum atomic E-state index is -0.544. The van der Waals surface area contributed by atoms with E-state index < -0.39 is 4.92 Å². The first-order chi connectivity index (χ1) is 7.16. The number of nitro groups is 1. The molecule has 2 rings (SSSR count). The van der Waals surface area contributed by atoms with Crippen molar-refractivity contribution in [1.82, 2.24) is 19.7 Å². The minimum Gasteiger partial charge on any atom is -0.258 e. The Hall–Kier alpha value is -2.31. The van der Waals surface area contributed by atoms with E-state index in [1.807, 2.05) is 6.92 Å². The lowest BCUT2D eigenvalue weighted by atomic mass is 10.5. The lowest BCUT2D eigenvalue weighted by Gasteiger charge is -1.97. The van der Waals surface area contributed by atoms with Crippen molar-refractivity contribution in [3.63, 3.8) is 0 Å². The van der Waals surface area contributed by atoms with E-state index >= 15 is 0 Å². The highest BCUT2D eigenvalue weighted by Gasteiger charge is 2.07. The molecule has 0 atom stereocenters. The maximum atomic E-state index is 10.4. The summed E-state index contributed by atoms with van der Waals surface area (Å²) in [4.78, 5) is 17.5. The molecule has 0 bridgehead atoms. The molecule has 0 aliphatic rings. The summed E-state index contributed by atoms with van der Waals surface area (Å²) in [6, 6.07) is 1.80. The zero-order valence-electron chi connectivity index (χ0n) is 7.86. The highest BCUT2D eigenvalue weighted by Crippen LogP contribution is 2.08. The molecule has 0 spiro atoms. The second kappa shape index (κ2) is 3.45. The summed E-state index contributed by atoms with van der Waals surface area (Å²) in [6.07, 6.45) is 4.00. The van der Waals surface area contributed by atoms with Gasteiger partial charge in [0.1, 0.15) is 12.4 Å². The van der Waals surface area contributed by atoms with Crippen LogP contribution in [0, 0.1) is 17.0 Å². The van der Waals surface area contributed by atoms with Crippen molar-refractivity contribution in [2.24, 2.45) is 0 Å². The summed E-state index contributed by atoms with van der Waals surface area (Å²) in [5.74, 6) is 0.314. The van der Waals surface area contributed by atoms with E-state index in [-0.39, 0.29) is 5.69 Å². The third-order valence-corrected chi connectivity index (χ3v) is 1.76. The van der Waals surface area contributed by atoms with Gasteiger partial charge in [-0.05, 0) is 13.0 Å². The van der Waals surface area contributed by atoms with E-state index in [1.54, 1.807) is 12.3 Å². The summed E-state index contributed by atoms with van der Waals surface area (Å²) in [7, 11) is 0. The van der Waals surface area contributed by atoms with Gasteiger partial charge in [-0.1, -0.05) is 0 Å². The summed E-state index contributed by atoms with van der Waals surface area (Å²) >= 11 is 0. The average molecular weight is 205 g/mol. The SMILES string of the molecule is Cc1ccn(-c2ncc([N+](=O)[O-])cn2)n1. The fourth-order valence-electron chi connectivity index (χ4n) is 1.05. The quantitative estimate of drug-likeness (QED) is 0.536. The minimum absolute atomic E-state index is 0.136. The molecule has 2 aromatic rings. The Labute approximate surface area is 84.6 Å². The van der Waals surface area contributed by atoms with Gasteiger partial charge in [-0.3, -0.25) is 10.1 Å². The van der Waals surface area contributed by atoms with Crippen LogP contribution in [0.2, 0.25) is 0 Å². The summed E-state index contributed by atoms with van der Waals surface area (Å²) in [5, 5.41) is 14.4. The predicted octanol–water partition coefficient (Wildman–Crippen LogP) is 0.879. The summed E-state index contributed by atoms with van der Waals surface area (Å²) in [6.45, 7) is 1.84. The molecule has 2 heterocycles. The normalized spacial score (nSPS) is 10.2. The van der Waals surface area contributed by atoms with Crippen LogP contribution in [0.15, 0.2) is 24.7 Å². The Balaban J connectivity index is 2.35. The largest absolute Gasteiger partial charge is 0.305 e. The molecule has 0 N–H and O–H groups in total. The van der Waals surface area contributed by atoms with E-state index in [0.29, 0.717) is 5.95 Å². The molecule has 0 amide bonds. The number of hydrogen-bond donors (Lipinski definition) is 0. The maximum Gasteiger partial charge on any atom is 0.305 e. The summed E-state index contributed by atoms with van der Waals surface area (Å²) in [5.41, 5.74) is 0.694. The molecule has 0 aromatic carbocycles. The van der Waals surface area contributed by atoms with Crippen LogP contribution in [-0.4, -0.2) is 24.7 Å². The first-order valence-corrected chi connectivity index (χ1v) is 4.16. The van der Waals surface area contributed by atoms with Gasteiger partial charge in [0, 0.05) is 6.20 Å². The molecule has 0 saturated carbocycles. The van der Waals surface area contributed by atoms with Crippen LogP contribution in [0.4, 0.5) is 5.69 Å². The van der Waals surface area contributed by atoms with E-state index in [4.69, 9.17) is 0 Å². The van der Waals surface area contributed by atoms with Crippen molar-refractivity contribution in [1.29, 1.82) is 0 Å². The second-order valence-electron chi connectivity index (χ2n) is 2.90. The molecule has 15 heavy (non-hydrogen) atoms. The molecular weight excluding hydrogens is 198 g/mol. The zero-order valence-corrected chi connectivity index (χ0v) is 7.86. The molecule has 2 aromatic heterocycles. The van der Waals surface area contributed by atoms with Crippen LogP contribution in [0.1, 0.15) is 5.69 Å². The van der Waals surface area contributed by atoms with E-state index in [9.17, 15) is 10.1 Å². The molecular formula is C8H7N5O2. The van der Waals surface area contributed by atoms with Crippen LogP contribution >= 0.6 is 0 Å². The van der Waals surface area contributed by atoms with Gasteiger partial charge in [0.2, 0.25) is 0 Å². The molecule has 76 valence electrons. The van der Waals surface area contributed by atoms with E-state index in [0.717, 1.165) is 18.1 Å². The Bertz CT molecular complexity index is 490. The average Bonchev–Trinajstić information content (AvgIpc) is 2.65. The monoisotopic (exact) mass is 205 g/mol. The molecule has 0 radical (unpaired) electrons. The molecule has 0 aliphatic carbocycles. The standard InChI is InChI=1S/C8H7N5O2/c1-6-2-3-12(11-6)8-9-4-7(5-10-8)13(14)15/h2-5H,1H3. The smallest absolute Gasteiger partial charge is 0.258 e. The molecule has 0 fully saturated rings. The van der Waals surface area contributed by atoms with Crippen LogP contribution < -0.4 is 0 Å². The van der Waals surface area contributed by atoms with Gasteiger partial charge in [0.05, 0.1) is 10.6 Å². The molecule has 7 nitrogen and oxygen atoms in total. The molecule has 0 unspecified atom stereocenters. The van der Waals surface area contributed by atoms with Gasteiger partial charge in [0.15, 0.2) is 0 Å². The van der Waals surface area contributed by atoms with Gasteiger partial charge in [-0.15, -0.1) is 0 Å². The highest BCUT2D eigenvalue weighted by molar-refractivity contribution is 5.24. The Morgan fingerprint density at radius 3 is 2.53 bits per heavy atom. The Morgan fingerprint density at radius 1 is 1.40 bits per heavy atom. The highest BCUT2D eigenvalue weighted by atomic mass is 16.6. The van der Waals surface area contributed by atoms with Crippen molar-refractivity contribution in [3.05, 3.63) is 40.5 Å². The van der Waals surface area contributed by atoms with Gasteiger partial charge in [-0.25, -0.2) is 14.6 Å². The van der Waals surface area contributed by atoms with Crippen LogP contribution in [-0.2, 0) is 0 Å². The van der Waals surface area contributed by atoms with Gasteiger partial charge in [0.25, 0.3) is 5.95 Å². The van der Waals surface area contributed by atoms with Crippen LogP contribution in [0.25, 0.3) is 5.95 Å². The first kappa shape index (κ1) is 9.25. The maximum absolute atomic E-state index is 10.4. The second-order valence-corrected chi connectivity index (χ2v) is 2.90. The van der Waals surface area contributed by atoms with Gasteiger partial charge in [-0.2, -0.15) is 5.10 Å². The Kier molecular flexibility index (Phi) is 2.13. The number of aryl methyl sites for hydroxylation is 1. The fraction of sp³-hybridized carbons (Fsp3) is 0.125. The zero-order chi connectivity index (χ0) is 10.8. The topological polar surface area (TPSA) is 86.7 Å². The molecule has 7 heteroatoms. The fourth-order valence-corrected chi connectivity index (χ4v) is 1.05. The van der Waals surface area contributed by atoms with Crippen LogP contribution in [0.5, 0.6) is 0 Å². The van der Waals surface area contributed by atoms with Gasteiger partial charge >= 0.3 is 5.69 Å². The van der Waals surface area contributed by atoms with Crippen molar-refractivity contribution >= 4 is 5.69 Å². The lowest BCUT2D eigenvalue weighted by Crippen LogP contribution is -2.02. The van der Waals surface area contributed by atoms with Crippen molar-refractivity contribution in [3.8, 4) is 5.95 Å². The van der Waals surface area contributed by atoms with E-state index in [1.165, 1.54) is 4.68 Å². The third-order valence-electron chi connectivity index (χ3n) is 1.76. The first-order valence-electron chi connectivity index (χ1n) is 4.16. The number of hydrogen-bond acceptors (Lipinski definition) is 5. The third kappa shape index (κ3) is 1.80. The van der Waals surface area contributed by atoms with Gasteiger partial charge < -0.3 is 0 Å². The van der Waals surface area contributed by atoms with E-state index in [2.05, 4.69) is 15.1 Å². The Morgan fingerprint density at radius 2 is 2.07 bits per heavy atom. The van der Waals surface area contributed by atoms with Crippen molar-refractivity contribution < 1.29 is 4.92 Å². The number of rotatable bonds is 2.